The van der Waals surface area contributed by atoms with E-state index in [9.17, 15) is 18.0 Å². The summed E-state index contributed by atoms with van der Waals surface area (Å²) in [5.41, 5.74) is 0.987. The number of nitrogens with one attached hydrogen (secondary N) is 1. The molecule has 0 fully saturated rings. The Bertz CT molecular complexity index is 674. The van der Waals surface area contributed by atoms with Crippen molar-refractivity contribution >= 4 is 11.6 Å². The zero-order valence-corrected chi connectivity index (χ0v) is 11.1. The van der Waals surface area contributed by atoms with Gasteiger partial charge in [-0.1, -0.05) is 0 Å². The summed E-state index contributed by atoms with van der Waals surface area (Å²) in [6.45, 7) is 1.19. The first kappa shape index (κ1) is 14.9. The van der Waals surface area contributed by atoms with Gasteiger partial charge in [0.15, 0.2) is 18.2 Å². The monoisotopic (exact) mass is 295 g/mol. The van der Waals surface area contributed by atoms with Crippen LogP contribution in [0.4, 0.5) is 18.9 Å². The van der Waals surface area contributed by atoms with Crippen LogP contribution in [0.3, 0.4) is 0 Å². The quantitative estimate of drug-likeness (QED) is 0.938. The van der Waals surface area contributed by atoms with Crippen LogP contribution in [0.25, 0.3) is 0 Å². The highest BCUT2D eigenvalue weighted by molar-refractivity contribution is 5.92. The molecule has 110 valence electrons. The number of halogens is 3. The highest BCUT2D eigenvalue weighted by Gasteiger charge is 2.09. The maximum Gasteiger partial charge on any atom is 0.262 e. The van der Waals surface area contributed by atoms with Crippen molar-refractivity contribution in [3.8, 4) is 5.75 Å². The van der Waals surface area contributed by atoms with Gasteiger partial charge in [-0.15, -0.1) is 0 Å². The first-order chi connectivity index (χ1) is 9.95. The summed E-state index contributed by atoms with van der Waals surface area (Å²) in [7, 11) is 0. The van der Waals surface area contributed by atoms with E-state index >= 15 is 0 Å². The minimum Gasteiger partial charge on any atom is -0.481 e. The first-order valence-electron chi connectivity index (χ1n) is 6.09. The number of rotatable bonds is 4. The van der Waals surface area contributed by atoms with Gasteiger partial charge in [0, 0.05) is 11.8 Å². The molecule has 0 atom stereocenters. The summed E-state index contributed by atoms with van der Waals surface area (Å²) >= 11 is 0. The number of aryl methyl sites for hydroxylation is 1. The molecule has 2 rings (SSSR count). The molecule has 0 saturated heterocycles. The molecule has 0 aliphatic rings. The Morgan fingerprint density at radius 1 is 1.10 bits per heavy atom. The second kappa shape index (κ2) is 6.30. The molecule has 2 aromatic rings. The molecule has 21 heavy (non-hydrogen) atoms. The van der Waals surface area contributed by atoms with Gasteiger partial charge in [-0.2, -0.15) is 0 Å². The molecule has 0 heterocycles. The fourth-order valence-electron chi connectivity index (χ4n) is 1.69. The van der Waals surface area contributed by atoms with Crippen LogP contribution in [0.15, 0.2) is 36.4 Å². The van der Waals surface area contributed by atoms with Crippen LogP contribution < -0.4 is 10.1 Å². The van der Waals surface area contributed by atoms with Crippen molar-refractivity contribution in [2.75, 3.05) is 11.9 Å². The molecule has 0 unspecified atom stereocenters. The van der Waals surface area contributed by atoms with E-state index in [0.717, 1.165) is 12.1 Å². The highest BCUT2D eigenvalue weighted by Crippen LogP contribution is 2.18. The lowest BCUT2D eigenvalue weighted by Crippen LogP contribution is -2.21. The predicted octanol–water partition coefficient (Wildman–Crippen LogP) is 3.43. The predicted molar refractivity (Wildman–Crippen MR) is 71.6 cm³/mol. The average Bonchev–Trinajstić information content (AvgIpc) is 2.41. The third-order valence-electron chi connectivity index (χ3n) is 2.72. The lowest BCUT2D eigenvalue weighted by Gasteiger charge is -2.10. The third kappa shape index (κ3) is 3.98. The van der Waals surface area contributed by atoms with Gasteiger partial charge in [0.25, 0.3) is 5.91 Å². The molecule has 1 amide bonds. The fraction of sp³-hybridized carbons (Fsp3) is 0.133. The Balaban J connectivity index is 1.96. The molecule has 0 aliphatic heterocycles. The molecule has 1 N–H and O–H groups in total. The van der Waals surface area contributed by atoms with Crippen molar-refractivity contribution in [2.45, 2.75) is 6.92 Å². The van der Waals surface area contributed by atoms with Gasteiger partial charge in [0.1, 0.15) is 11.6 Å². The van der Waals surface area contributed by atoms with Crippen LogP contribution in [-0.2, 0) is 4.79 Å². The van der Waals surface area contributed by atoms with E-state index < -0.39 is 30.0 Å². The lowest BCUT2D eigenvalue weighted by atomic mass is 10.2. The second-order valence-corrected chi connectivity index (χ2v) is 4.37. The molecule has 3 nitrogen and oxygen atoms in total. The number of hydrogen-bond acceptors (Lipinski definition) is 2. The van der Waals surface area contributed by atoms with E-state index in [4.69, 9.17) is 4.74 Å². The minimum absolute atomic E-state index is 0.220. The van der Waals surface area contributed by atoms with E-state index in [1.165, 1.54) is 18.2 Å². The topological polar surface area (TPSA) is 38.3 Å². The molecule has 0 radical (unpaired) electrons. The van der Waals surface area contributed by atoms with Gasteiger partial charge in [-0.25, -0.2) is 13.2 Å². The van der Waals surface area contributed by atoms with Crippen molar-refractivity contribution in [1.82, 2.24) is 0 Å². The van der Waals surface area contributed by atoms with Crippen LogP contribution >= 0.6 is 0 Å². The number of carbonyl (C=O) groups is 1. The maximum absolute atomic E-state index is 13.3. The smallest absolute Gasteiger partial charge is 0.262 e. The number of ether oxygens (including phenoxy) is 1. The number of hydrogen-bond donors (Lipinski definition) is 1. The van der Waals surface area contributed by atoms with E-state index in [1.807, 2.05) is 0 Å². The Morgan fingerprint density at radius 3 is 2.43 bits per heavy atom. The maximum atomic E-state index is 13.3. The summed E-state index contributed by atoms with van der Waals surface area (Å²) in [6.07, 6.45) is 0. The molecule has 0 bridgehead atoms. The fourth-order valence-corrected chi connectivity index (χ4v) is 1.69. The van der Waals surface area contributed by atoms with Gasteiger partial charge >= 0.3 is 0 Å². The average molecular weight is 295 g/mol. The molecule has 0 spiro atoms. The van der Waals surface area contributed by atoms with Crippen molar-refractivity contribution in [2.24, 2.45) is 0 Å². The van der Waals surface area contributed by atoms with Crippen LogP contribution in [0.2, 0.25) is 0 Å². The summed E-state index contributed by atoms with van der Waals surface area (Å²) in [6, 6.07) is 6.69. The van der Waals surface area contributed by atoms with Crippen LogP contribution in [-0.4, -0.2) is 12.5 Å². The van der Waals surface area contributed by atoms with Gasteiger partial charge in [-0.05, 0) is 42.8 Å². The van der Waals surface area contributed by atoms with Crippen molar-refractivity contribution < 1.29 is 22.7 Å². The largest absolute Gasteiger partial charge is 0.481 e. The number of carbonyl (C=O) groups excluding carboxylic acids is 1. The van der Waals surface area contributed by atoms with E-state index in [2.05, 4.69) is 5.32 Å². The molecule has 0 aliphatic carbocycles. The molecular weight excluding hydrogens is 283 g/mol. The van der Waals surface area contributed by atoms with Gasteiger partial charge in [0.05, 0.1) is 0 Å². The Hall–Kier alpha value is -2.50. The number of amides is 1. The van der Waals surface area contributed by atoms with Crippen LogP contribution in [0.1, 0.15) is 5.56 Å². The summed E-state index contributed by atoms with van der Waals surface area (Å²) in [5, 5.41) is 2.51. The van der Waals surface area contributed by atoms with Crippen molar-refractivity contribution in [1.29, 1.82) is 0 Å². The molecule has 6 heteroatoms. The Labute approximate surface area is 119 Å². The molecule has 2 aromatic carbocycles. The lowest BCUT2D eigenvalue weighted by molar-refractivity contribution is -0.118. The first-order valence-corrected chi connectivity index (χ1v) is 6.09. The number of anilines is 1. The van der Waals surface area contributed by atoms with Crippen LogP contribution in [0, 0.1) is 24.4 Å². The van der Waals surface area contributed by atoms with E-state index in [-0.39, 0.29) is 5.75 Å². The Morgan fingerprint density at radius 2 is 1.76 bits per heavy atom. The SMILES string of the molecule is Cc1cc(F)ccc1NC(=O)COc1ccc(F)cc1F. The van der Waals surface area contributed by atoms with Crippen molar-refractivity contribution in [3.63, 3.8) is 0 Å². The van der Waals surface area contributed by atoms with E-state index in [1.54, 1.807) is 6.92 Å². The van der Waals surface area contributed by atoms with Gasteiger partial charge < -0.3 is 10.1 Å². The van der Waals surface area contributed by atoms with Gasteiger partial charge in [-0.3, -0.25) is 4.79 Å². The van der Waals surface area contributed by atoms with Crippen molar-refractivity contribution in [3.05, 3.63) is 59.4 Å². The molecule has 0 aromatic heterocycles. The van der Waals surface area contributed by atoms with E-state index in [0.29, 0.717) is 17.3 Å². The normalized spacial score (nSPS) is 10.3. The third-order valence-corrected chi connectivity index (χ3v) is 2.72. The minimum atomic E-state index is -0.888. The summed E-state index contributed by atoms with van der Waals surface area (Å²) in [4.78, 5) is 11.7. The summed E-state index contributed by atoms with van der Waals surface area (Å²) in [5.74, 6) is -2.78. The zero-order valence-electron chi connectivity index (χ0n) is 11.1. The van der Waals surface area contributed by atoms with Gasteiger partial charge in [0.2, 0.25) is 0 Å². The zero-order chi connectivity index (χ0) is 15.4. The highest BCUT2D eigenvalue weighted by atomic mass is 19.1. The summed E-state index contributed by atoms with van der Waals surface area (Å²) < 4.78 is 43.9. The molecular formula is C15H12F3NO2. The second-order valence-electron chi connectivity index (χ2n) is 4.37. The van der Waals surface area contributed by atoms with Crippen LogP contribution in [0.5, 0.6) is 5.75 Å². The molecule has 0 saturated carbocycles. The Kier molecular flexibility index (Phi) is 4.47. The standard InChI is InChI=1S/C15H12F3NO2/c1-9-6-10(16)2-4-13(9)19-15(20)8-21-14-5-3-11(17)7-12(14)18/h2-7H,8H2,1H3,(H,19,20). The number of benzene rings is 2.